The molecule has 2 heterocycles. The Morgan fingerprint density at radius 3 is 2.88 bits per heavy atom. The largest absolute Gasteiger partial charge is 0.315 e. The molecule has 1 aromatic heterocycles. The maximum absolute atomic E-state index is 12.3. The Bertz CT molecular complexity index is 609. The number of benzene rings is 1. The van der Waals surface area contributed by atoms with Gasteiger partial charge in [-0.1, -0.05) is 12.1 Å². The summed E-state index contributed by atoms with van der Waals surface area (Å²) in [7, 11) is -3.26. The number of fused-ring (bicyclic) bond motifs is 1. The van der Waals surface area contributed by atoms with E-state index in [1.165, 1.54) is 11.3 Å². The maximum atomic E-state index is 12.3. The number of hydrogen-bond donors (Lipinski definition) is 1. The summed E-state index contributed by atoms with van der Waals surface area (Å²) in [5.74, 6) is 0. The molecule has 2 aromatic rings. The molecule has 1 aromatic carbocycles. The summed E-state index contributed by atoms with van der Waals surface area (Å²) in [5.41, 5.74) is 0.766. The van der Waals surface area contributed by atoms with Crippen molar-refractivity contribution in [3.05, 3.63) is 24.3 Å². The molecule has 0 bridgehead atoms. The molecule has 0 spiro atoms. The van der Waals surface area contributed by atoms with Crippen molar-refractivity contribution in [2.75, 3.05) is 13.1 Å². The normalized spacial score (nSPS) is 21.1. The molecule has 1 saturated heterocycles. The third-order valence-corrected chi connectivity index (χ3v) is 6.61. The minimum Gasteiger partial charge on any atom is -0.315 e. The van der Waals surface area contributed by atoms with Crippen LogP contribution < -0.4 is 5.32 Å². The van der Waals surface area contributed by atoms with Crippen molar-refractivity contribution in [2.45, 2.75) is 16.0 Å². The van der Waals surface area contributed by atoms with E-state index in [0.717, 1.165) is 16.8 Å². The standard InChI is InChI=1S/C11H12N2O2S2/c14-17(15,8-5-6-12-7-8)11-13-9-3-1-2-4-10(9)16-11/h1-4,8,12H,5-7H2. The Balaban J connectivity index is 2.08. The third-order valence-electron chi connectivity index (χ3n) is 2.97. The van der Waals surface area contributed by atoms with Gasteiger partial charge in [-0.05, 0) is 25.1 Å². The predicted octanol–water partition coefficient (Wildman–Crippen LogP) is 1.43. The lowest BCUT2D eigenvalue weighted by Crippen LogP contribution is -2.23. The molecule has 1 fully saturated rings. The summed E-state index contributed by atoms with van der Waals surface area (Å²) >= 11 is 1.26. The molecule has 1 aliphatic rings. The SMILES string of the molecule is O=S(=O)(c1nc2ccccc2s1)C1CCNC1. The zero-order valence-electron chi connectivity index (χ0n) is 9.09. The lowest BCUT2D eigenvalue weighted by molar-refractivity contribution is 0.582. The highest BCUT2D eigenvalue weighted by Gasteiger charge is 2.32. The molecule has 3 rings (SSSR count). The Morgan fingerprint density at radius 2 is 2.18 bits per heavy atom. The van der Waals surface area contributed by atoms with Crippen LogP contribution in [0.4, 0.5) is 0 Å². The molecule has 6 heteroatoms. The third kappa shape index (κ3) is 1.86. The average Bonchev–Trinajstić information content (AvgIpc) is 2.98. The van der Waals surface area contributed by atoms with Gasteiger partial charge in [-0.25, -0.2) is 13.4 Å². The van der Waals surface area contributed by atoms with Gasteiger partial charge in [-0.15, -0.1) is 11.3 Å². The van der Waals surface area contributed by atoms with Crippen molar-refractivity contribution < 1.29 is 8.42 Å². The highest BCUT2D eigenvalue weighted by Crippen LogP contribution is 2.29. The minimum atomic E-state index is -3.26. The second-order valence-electron chi connectivity index (χ2n) is 4.11. The van der Waals surface area contributed by atoms with E-state index in [1.807, 2.05) is 24.3 Å². The zero-order valence-corrected chi connectivity index (χ0v) is 10.7. The Kier molecular flexibility index (Phi) is 2.65. The molecule has 17 heavy (non-hydrogen) atoms. The smallest absolute Gasteiger partial charge is 0.210 e. The number of aromatic nitrogens is 1. The van der Waals surface area contributed by atoms with Crippen LogP contribution in [0.2, 0.25) is 0 Å². The monoisotopic (exact) mass is 268 g/mol. The van der Waals surface area contributed by atoms with Gasteiger partial charge in [0.15, 0.2) is 0 Å². The van der Waals surface area contributed by atoms with Gasteiger partial charge >= 0.3 is 0 Å². The lowest BCUT2D eigenvalue weighted by atomic mass is 10.3. The first-order valence-corrected chi connectivity index (χ1v) is 7.84. The molecule has 1 atom stereocenters. The van der Waals surface area contributed by atoms with Crippen LogP contribution in [0, 0.1) is 0 Å². The summed E-state index contributed by atoms with van der Waals surface area (Å²) in [6.07, 6.45) is 0.679. The maximum Gasteiger partial charge on any atom is 0.210 e. The van der Waals surface area contributed by atoms with Gasteiger partial charge < -0.3 is 5.32 Å². The summed E-state index contributed by atoms with van der Waals surface area (Å²) in [6.45, 7) is 1.31. The number of hydrogen-bond acceptors (Lipinski definition) is 5. The van der Waals surface area contributed by atoms with E-state index in [0.29, 0.717) is 13.0 Å². The number of rotatable bonds is 2. The number of thiazole rings is 1. The van der Waals surface area contributed by atoms with Gasteiger partial charge in [-0.2, -0.15) is 0 Å². The first-order chi connectivity index (χ1) is 8.18. The van der Waals surface area contributed by atoms with Crippen molar-refractivity contribution in [3.8, 4) is 0 Å². The van der Waals surface area contributed by atoms with Gasteiger partial charge in [0, 0.05) is 6.54 Å². The van der Waals surface area contributed by atoms with Crippen molar-refractivity contribution in [2.24, 2.45) is 0 Å². The van der Waals surface area contributed by atoms with E-state index in [1.54, 1.807) is 0 Å². The fourth-order valence-corrected chi connectivity index (χ4v) is 5.12. The van der Waals surface area contributed by atoms with Gasteiger partial charge in [0.25, 0.3) is 0 Å². The van der Waals surface area contributed by atoms with Crippen molar-refractivity contribution in [1.29, 1.82) is 0 Å². The van der Waals surface area contributed by atoms with Gasteiger partial charge in [-0.3, -0.25) is 0 Å². The first-order valence-electron chi connectivity index (χ1n) is 5.48. The number of nitrogens with one attached hydrogen (secondary N) is 1. The molecule has 4 nitrogen and oxygen atoms in total. The summed E-state index contributed by atoms with van der Waals surface area (Å²) in [6, 6.07) is 7.51. The Morgan fingerprint density at radius 1 is 1.35 bits per heavy atom. The predicted molar refractivity (Wildman–Crippen MR) is 68.1 cm³/mol. The average molecular weight is 268 g/mol. The highest BCUT2D eigenvalue weighted by atomic mass is 32.2. The molecule has 0 saturated carbocycles. The van der Waals surface area contributed by atoms with Crippen molar-refractivity contribution in [3.63, 3.8) is 0 Å². The van der Waals surface area contributed by atoms with Gasteiger partial charge in [0.1, 0.15) is 0 Å². The molecule has 90 valence electrons. The Hall–Kier alpha value is -0.980. The van der Waals surface area contributed by atoms with Crippen LogP contribution >= 0.6 is 11.3 Å². The van der Waals surface area contributed by atoms with Crippen LogP contribution in [0.25, 0.3) is 10.2 Å². The topological polar surface area (TPSA) is 59.1 Å². The lowest BCUT2D eigenvalue weighted by Gasteiger charge is -2.06. The van der Waals surface area contributed by atoms with E-state index in [-0.39, 0.29) is 9.59 Å². The van der Waals surface area contributed by atoms with Crippen LogP contribution in [-0.2, 0) is 9.84 Å². The fraction of sp³-hybridized carbons (Fsp3) is 0.364. The molecule has 1 aliphatic heterocycles. The van der Waals surface area contributed by atoms with Crippen LogP contribution in [0.1, 0.15) is 6.42 Å². The zero-order chi connectivity index (χ0) is 11.9. The minimum absolute atomic E-state index is 0.257. The highest BCUT2D eigenvalue weighted by molar-refractivity contribution is 7.94. The quantitative estimate of drug-likeness (QED) is 0.895. The summed E-state index contributed by atoms with van der Waals surface area (Å²) in [4.78, 5) is 4.23. The molecule has 0 aliphatic carbocycles. The molecule has 1 unspecified atom stereocenters. The first kappa shape index (κ1) is 11.1. The molecular weight excluding hydrogens is 256 g/mol. The van der Waals surface area contributed by atoms with E-state index >= 15 is 0 Å². The summed E-state index contributed by atoms with van der Waals surface area (Å²) < 4.78 is 25.8. The number of sulfone groups is 1. The number of nitrogens with zero attached hydrogens (tertiary/aromatic N) is 1. The summed E-state index contributed by atoms with van der Waals surface area (Å²) in [5, 5.41) is 2.76. The fourth-order valence-electron chi connectivity index (χ4n) is 2.01. The van der Waals surface area contributed by atoms with Crippen LogP contribution in [-0.4, -0.2) is 31.7 Å². The molecular formula is C11H12N2O2S2. The Labute approximate surface area is 104 Å². The van der Waals surface area contributed by atoms with E-state index in [9.17, 15) is 8.42 Å². The van der Waals surface area contributed by atoms with Crippen LogP contribution in [0.5, 0.6) is 0 Å². The molecule has 0 radical (unpaired) electrons. The number of para-hydroxylation sites is 1. The van der Waals surface area contributed by atoms with E-state index in [4.69, 9.17) is 0 Å². The van der Waals surface area contributed by atoms with Crippen LogP contribution in [0.3, 0.4) is 0 Å². The van der Waals surface area contributed by atoms with Crippen molar-refractivity contribution >= 4 is 31.4 Å². The molecule has 0 amide bonds. The second-order valence-corrected chi connectivity index (χ2v) is 7.54. The second kappa shape index (κ2) is 4.04. The van der Waals surface area contributed by atoms with E-state index in [2.05, 4.69) is 10.3 Å². The van der Waals surface area contributed by atoms with E-state index < -0.39 is 9.84 Å². The molecule has 1 N–H and O–H groups in total. The van der Waals surface area contributed by atoms with Gasteiger partial charge in [0.05, 0.1) is 15.5 Å². The van der Waals surface area contributed by atoms with Crippen molar-refractivity contribution in [1.82, 2.24) is 10.3 Å². The van der Waals surface area contributed by atoms with Gasteiger partial charge in [0.2, 0.25) is 14.2 Å². The van der Waals surface area contributed by atoms with Crippen LogP contribution in [0.15, 0.2) is 28.6 Å².